The summed E-state index contributed by atoms with van der Waals surface area (Å²) in [4.78, 5) is 37.3. The number of thiophene rings is 1. The van der Waals surface area contributed by atoms with E-state index >= 15 is 0 Å². The highest BCUT2D eigenvalue weighted by molar-refractivity contribution is 7.18. The Balaban J connectivity index is 1.86. The van der Waals surface area contributed by atoms with Crippen LogP contribution >= 0.6 is 11.3 Å². The van der Waals surface area contributed by atoms with Crippen LogP contribution in [0.15, 0.2) is 0 Å². The quantitative estimate of drug-likeness (QED) is 0.648. The number of carbonyl (C=O) groups is 3. The van der Waals surface area contributed by atoms with E-state index in [2.05, 4.69) is 5.32 Å². The van der Waals surface area contributed by atoms with Gasteiger partial charge in [0, 0.05) is 5.92 Å². The molecule has 1 amide bonds. The molecule has 0 unspecified atom stereocenters. The van der Waals surface area contributed by atoms with E-state index in [1.165, 1.54) is 24.7 Å². The summed E-state index contributed by atoms with van der Waals surface area (Å²) in [5.41, 5.74) is 0.915. The van der Waals surface area contributed by atoms with Crippen LogP contribution in [0.5, 0.6) is 0 Å². The number of hydrogen-bond acceptors (Lipinski definition) is 5. The third-order valence-electron chi connectivity index (χ3n) is 5.26. The Labute approximate surface area is 145 Å². The van der Waals surface area contributed by atoms with Crippen LogP contribution in [-0.4, -0.2) is 24.3 Å². The highest BCUT2D eigenvalue weighted by Gasteiger charge is 2.43. The zero-order chi connectivity index (χ0) is 17.4. The van der Waals surface area contributed by atoms with Crippen LogP contribution in [0.1, 0.15) is 65.1 Å². The molecule has 0 spiro atoms. The molecule has 1 N–H and O–H groups in total. The minimum absolute atomic E-state index is 0.0240. The van der Waals surface area contributed by atoms with Crippen molar-refractivity contribution in [1.82, 2.24) is 0 Å². The number of hydrogen-bond donors (Lipinski definition) is 1. The van der Waals surface area contributed by atoms with Crippen molar-refractivity contribution in [2.45, 2.75) is 46.5 Å². The van der Waals surface area contributed by atoms with Crippen LogP contribution in [0.4, 0.5) is 5.00 Å². The van der Waals surface area contributed by atoms with E-state index in [0.717, 1.165) is 19.3 Å². The van der Waals surface area contributed by atoms with Crippen molar-refractivity contribution in [3.05, 3.63) is 16.0 Å². The fourth-order valence-corrected chi connectivity index (χ4v) is 5.25. The number of amides is 1. The number of esters is 1. The minimum atomic E-state index is -0.484. The summed E-state index contributed by atoms with van der Waals surface area (Å²) < 4.78 is 5.10. The molecule has 0 aliphatic heterocycles. The molecule has 1 heterocycles. The van der Waals surface area contributed by atoms with Crippen molar-refractivity contribution in [3.63, 3.8) is 0 Å². The lowest BCUT2D eigenvalue weighted by Gasteiger charge is -2.20. The lowest BCUT2D eigenvalue weighted by Crippen LogP contribution is -2.27. The van der Waals surface area contributed by atoms with Crippen molar-refractivity contribution in [3.8, 4) is 0 Å². The summed E-state index contributed by atoms with van der Waals surface area (Å²) in [6, 6.07) is 0. The summed E-state index contributed by atoms with van der Waals surface area (Å²) >= 11 is 1.17. The second kappa shape index (κ2) is 6.67. The van der Waals surface area contributed by atoms with Gasteiger partial charge in [-0.3, -0.25) is 9.59 Å². The summed E-state index contributed by atoms with van der Waals surface area (Å²) in [5.74, 6) is 0.555. The van der Waals surface area contributed by atoms with Crippen LogP contribution < -0.4 is 5.32 Å². The third kappa shape index (κ3) is 2.99. The molecule has 0 saturated heterocycles. The second-order valence-corrected chi connectivity index (χ2v) is 7.83. The smallest absolute Gasteiger partial charge is 0.341 e. The molecule has 0 aromatic carbocycles. The summed E-state index contributed by atoms with van der Waals surface area (Å²) in [6.07, 6.45) is 4.44. The van der Waals surface area contributed by atoms with Gasteiger partial charge in [-0.05, 0) is 57.4 Å². The second-order valence-electron chi connectivity index (χ2n) is 6.81. The highest BCUT2D eigenvalue weighted by atomic mass is 32.1. The molecular formula is C18H23NO4S. The van der Waals surface area contributed by atoms with Gasteiger partial charge in [0.05, 0.1) is 17.0 Å². The van der Waals surface area contributed by atoms with Crippen molar-refractivity contribution < 1.29 is 19.1 Å². The maximum atomic E-state index is 12.7. The van der Waals surface area contributed by atoms with Gasteiger partial charge in [0.25, 0.3) is 0 Å². The van der Waals surface area contributed by atoms with E-state index in [1.807, 2.05) is 0 Å². The van der Waals surface area contributed by atoms with Crippen molar-refractivity contribution in [1.29, 1.82) is 0 Å². The van der Waals surface area contributed by atoms with Crippen molar-refractivity contribution in [2.24, 2.45) is 17.8 Å². The average molecular weight is 349 g/mol. The van der Waals surface area contributed by atoms with Crippen molar-refractivity contribution >= 4 is 34.0 Å². The molecular weight excluding hydrogens is 326 g/mol. The number of ketones is 1. The predicted molar refractivity (Wildman–Crippen MR) is 92.6 cm³/mol. The van der Waals surface area contributed by atoms with Crippen LogP contribution in [0, 0.1) is 24.7 Å². The Morgan fingerprint density at radius 1 is 1.25 bits per heavy atom. The first-order valence-electron chi connectivity index (χ1n) is 8.54. The van der Waals surface area contributed by atoms with Gasteiger partial charge in [0.1, 0.15) is 5.00 Å². The topological polar surface area (TPSA) is 72.5 Å². The monoisotopic (exact) mass is 349 g/mol. The van der Waals surface area contributed by atoms with Crippen LogP contribution in [-0.2, 0) is 9.53 Å². The first kappa shape index (κ1) is 17.1. The Morgan fingerprint density at radius 3 is 2.54 bits per heavy atom. The number of ether oxygens (including phenoxy) is 1. The van der Waals surface area contributed by atoms with E-state index in [4.69, 9.17) is 4.74 Å². The maximum Gasteiger partial charge on any atom is 0.341 e. The van der Waals surface area contributed by atoms with Gasteiger partial charge < -0.3 is 10.1 Å². The number of rotatable bonds is 5. The number of anilines is 1. The molecule has 5 nitrogen and oxygen atoms in total. The molecule has 130 valence electrons. The molecule has 2 aliphatic rings. The molecule has 1 aromatic rings. The Kier molecular flexibility index (Phi) is 4.76. The Hall–Kier alpha value is -1.69. The fraction of sp³-hybridized carbons (Fsp3) is 0.611. The van der Waals surface area contributed by atoms with E-state index in [1.54, 1.807) is 13.8 Å². The lowest BCUT2D eigenvalue weighted by molar-refractivity contribution is -0.121. The molecule has 2 bridgehead atoms. The summed E-state index contributed by atoms with van der Waals surface area (Å²) in [5, 5.41) is 3.37. The molecule has 6 heteroatoms. The normalized spacial score (nSPS) is 24.9. The van der Waals surface area contributed by atoms with Gasteiger partial charge in [-0.1, -0.05) is 6.42 Å². The molecule has 3 atom stereocenters. The molecule has 1 aromatic heterocycles. The number of carbonyl (C=O) groups excluding carboxylic acids is 3. The van der Waals surface area contributed by atoms with Gasteiger partial charge >= 0.3 is 5.97 Å². The van der Waals surface area contributed by atoms with Gasteiger partial charge in [-0.15, -0.1) is 11.3 Å². The first-order chi connectivity index (χ1) is 11.4. The lowest BCUT2D eigenvalue weighted by atomic mass is 9.88. The Morgan fingerprint density at radius 2 is 2.00 bits per heavy atom. The standard InChI is InChI=1S/C18H23NO4S/c1-4-23-18(22)14-9(2)15(10(3)20)24-17(14)19-16(21)13-8-11-5-6-12(13)7-11/h11-13H,4-8H2,1-3H3,(H,19,21)/t11-,12-,13+/m1/s1. The number of fused-ring (bicyclic) bond motifs is 2. The predicted octanol–water partition coefficient (Wildman–Crippen LogP) is 3.81. The first-order valence-corrected chi connectivity index (χ1v) is 9.36. The fourth-order valence-electron chi connectivity index (χ4n) is 4.16. The minimum Gasteiger partial charge on any atom is -0.462 e. The van der Waals surface area contributed by atoms with Gasteiger partial charge in [-0.2, -0.15) is 0 Å². The molecule has 2 saturated carbocycles. The third-order valence-corrected chi connectivity index (χ3v) is 6.57. The zero-order valence-corrected chi connectivity index (χ0v) is 15.1. The van der Waals surface area contributed by atoms with Crippen LogP contribution in [0.25, 0.3) is 0 Å². The largest absolute Gasteiger partial charge is 0.462 e. The van der Waals surface area contributed by atoms with E-state index in [9.17, 15) is 14.4 Å². The summed E-state index contributed by atoms with van der Waals surface area (Å²) in [7, 11) is 0. The maximum absolute atomic E-state index is 12.7. The van der Waals surface area contributed by atoms with E-state index in [-0.39, 0.29) is 24.2 Å². The zero-order valence-electron chi connectivity index (χ0n) is 14.3. The molecule has 3 rings (SSSR count). The molecule has 2 fully saturated rings. The number of nitrogens with one attached hydrogen (secondary N) is 1. The average Bonchev–Trinajstić information content (AvgIpc) is 3.21. The van der Waals surface area contributed by atoms with Gasteiger partial charge in [0.15, 0.2) is 5.78 Å². The Bertz CT molecular complexity index is 693. The highest BCUT2D eigenvalue weighted by Crippen LogP contribution is 2.49. The molecule has 2 aliphatic carbocycles. The van der Waals surface area contributed by atoms with Crippen molar-refractivity contribution in [2.75, 3.05) is 11.9 Å². The van der Waals surface area contributed by atoms with E-state index < -0.39 is 5.97 Å². The molecule has 0 radical (unpaired) electrons. The van der Waals surface area contributed by atoms with Gasteiger partial charge in [-0.25, -0.2) is 4.79 Å². The van der Waals surface area contributed by atoms with Crippen LogP contribution in [0.3, 0.4) is 0 Å². The summed E-state index contributed by atoms with van der Waals surface area (Å²) in [6.45, 7) is 5.18. The van der Waals surface area contributed by atoms with E-state index in [0.29, 0.717) is 32.8 Å². The number of Topliss-reactive ketones (excluding diaryl/α,β-unsaturated/α-hetero) is 1. The SMILES string of the molecule is CCOC(=O)c1c(NC(=O)[C@H]2C[C@@H]3CC[C@@H]2C3)sc(C(C)=O)c1C. The molecule has 24 heavy (non-hydrogen) atoms. The van der Waals surface area contributed by atoms with Gasteiger partial charge in [0.2, 0.25) is 5.91 Å². The van der Waals surface area contributed by atoms with Crippen LogP contribution in [0.2, 0.25) is 0 Å².